The third-order valence-electron chi connectivity index (χ3n) is 5.57. The van der Waals surface area contributed by atoms with E-state index in [1.807, 2.05) is 36.4 Å². The van der Waals surface area contributed by atoms with Crippen LogP contribution in [0.4, 0.5) is 0 Å². The number of hydrogen-bond acceptors (Lipinski definition) is 6. The first-order chi connectivity index (χ1) is 16.1. The van der Waals surface area contributed by atoms with E-state index < -0.39 is 0 Å². The Morgan fingerprint density at radius 2 is 1.97 bits per heavy atom. The molecule has 4 rings (SSSR count). The fraction of sp³-hybridized carbons (Fsp3) is 0.269. The summed E-state index contributed by atoms with van der Waals surface area (Å²) in [7, 11) is 1.62. The molecule has 1 amide bonds. The number of hydrogen-bond donors (Lipinski definition) is 1. The van der Waals surface area contributed by atoms with Crippen molar-refractivity contribution in [2.45, 2.75) is 31.1 Å². The first kappa shape index (κ1) is 22.8. The summed E-state index contributed by atoms with van der Waals surface area (Å²) < 4.78 is 5.15. The van der Waals surface area contributed by atoms with Gasteiger partial charge in [0.05, 0.1) is 18.4 Å². The zero-order valence-electron chi connectivity index (χ0n) is 18.6. The summed E-state index contributed by atoms with van der Waals surface area (Å²) in [4.78, 5) is 19.5. The molecule has 33 heavy (non-hydrogen) atoms. The molecule has 0 aliphatic carbocycles. The highest BCUT2D eigenvalue weighted by atomic mass is 32.2. The second-order valence-corrected chi connectivity index (χ2v) is 8.88. The van der Waals surface area contributed by atoms with Crippen molar-refractivity contribution >= 4 is 17.7 Å². The Kier molecular flexibility index (Phi) is 7.61. The first-order valence-electron chi connectivity index (χ1n) is 10.9. The number of carbonyl (C=O) groups excluding carboxylic acids is 1. The monoisotopic (exact) mass is 458 g/mol. The number of rotatable bonds is 8. The number of nitrogens with one attached hydrogen (secondary N) is 1. The zero-order chi connectivity index (χ0) is 23.0. The molecule has 0 fully saturated rings. The van der Waals surface area contributed by atoms with Crippen molar-refractivity contribution in [3.05, 3.63) is 88.6 Å². The van der Waals surface area contributed by atoms with Crippen LogP contribution in [0.1, 0.15) is 27.9 Å². The third-order valence-corrected chi connectivity index (χ3v) is 6.56. The number of nitrogens with zero attached hydrogens (tertiary/aromatic N) is 3. The van der Waals surface area contributed by atoms with Gasteiger partial charge in [-0.25, -0.2) is 4.98 Å². The van der Waals surface area contributed by atoms with Gasteiger partial charge in [-0.3, -0.25) is 9.69 Å². The number of fused-ring (bicyclic) bond motifs is 1. The van der Waals surface area contributed by atoms with E-state index in [1.54, 1.807) is 7.11 Å². The second kappa shape index (κ2) is 11.0. The molecule has 0 unspecified atom stereocenters. The van der Waals surface area contributed by atoms with Crippen LogP contribution in [0.5, 0.6) is 5.75 Å². The van der Waals surface area contributed by atoms with Crippen LogP contribution in [0.2, 0.25) is 0 Å². The summed E-state index contributed by atoms with van der Waals surface area (Å²) in [5.41, 5.74) is 4.94. The molecule has 0 saturated carbocycles. The van der Waals surface area contributed by atoms with Crippen LogP contribution in [-0.4, -0.2) is 35.2 Å². The molecule has 0 atom stereocenters. The van der Waals surface area contributed by atoms with Gasteiger partial charge in [0.15, 0.2) is 0 Å². The Bertz CT molecular complexity index is 1140. The van der Waals surface area contributed by atoms with Crippen LogP contribution in [0, 0.1) is 11.3 Å². The maximum Gasteiger partial charge on any atom is 0.230 e. The normalized spacial score (nSPS) is 13.1. The average molecular weight is 459 g/mol. The molecule has 168 valence electrons. The Morgan fingerprint density at radius 3 is 2.70 bits per heavy atom. The lowest BCUT2D eigenvalue weighted by atomic mass is 10.0. The van der Waals surface area contributed by atoms with Crippen molar-refractivity contribution in [2.24, 2.45) is 0 Å². The highest BCUT2D eigenvalue weighted by molar-refractivity contribution is 8.00. The quantitative estimate of drug-likeness (QED) is 0.516. The minimum absolute atomic E-state index is 0.0896. The first-order valence-corrected chi connectivity index (χ1v) is 11.8. The smallest absolute Gasteiger partial charge is 0.230 e. The molecule has 3 aromatic rings. The summed E-state index contributed by atoms with van der Waals surface area (Å²) in [6, 6.07) is 22.2. The van der Waals surface area contributed by atoms with E-state index in [4.69, 9.17) is 9.72 Å². The number of nitriles is 1. The molecule has 0 radical (unpaired) electrons. The van der Waals surface area contributed by atoms with Gasteiger partial charge in [-0.2, -0.15) is 5.26 Å². The Balaban J connectivity index is 1.34. The van der Waals surface area contributed by atoms with Crippen molar-refractivity contribution in [1.29, 1.82) is 5.26 Å². The van der Waals surface area contributed by atoms with Gasteiger partial charge in [-0.1, -0.05) is 54.2 Å². The molecule has 6 nitrogen and oxygen atoms in total. The second-order valence-electron chi connectivity index (χ2n) is 7.92. The Morgan fingerprint density at radius 1 is 1.18 bits per heavy atom. The van der Waals surface area contributed by atoms with Crippen LogP contribution in [-0.2, 0) is 30.8 Å². The van der Waals surface area contributed by atoms with Crippen molar-refractivity contribution in [1.82, 2.24) is 15.2 Å². The molecule has 1 N–H and O–H groups in total. The standard InChI is InChI=1S/C26H26N4O2S/c1-32-23-9-7-19(8-10-23)15-28-25(31)18-33-26-21(14-27)13-22-17-30(12-11-24(22)29-26)16-20-5-3-2-4-6-20/h2-10,13H,11-12,15-18H2,1H3,(H,28,31). The summed E-state index contributed by atoms with van der Waals surface area (Å²) in [6.07, 6.45) is 0.838. The number of aromatic nitrogens is 1. The van der Waals surface area contributed by atoms with Crippen LogP contribution >= 0.6 is 11.8 Å². The molecule has 2 aromatic carbocycles. The average Bonchev–Trinajstić information content (AvgIpc) is 2.86. The molecular weight excluding hydrogens is 432 g/mol. The number of ether oxygens (including phenoxy) is 1. The maximum atomic E-state index is 12.3. The van der Waals surface area contributed by atoms with Crippen LogP contribution in [0.15, 0.2) is 65.7 Å². The molecule has 0 bridgehead atoms. The van der Waals surface area contributed by atoms with Gasteiger partial charge in [-0.05, 0) is 34.9 Å². The summed E-state index contributed by atoms with van der Waals surface area (Å²) >= 11 is 1.32. The van der Waals surface area contributed by atoms with Gasteiger partial charge in [0.1, 0.15) is 16.8 Å². The Hall–Kier alpha value is -3.34. The minimum Gasteiger partial charge on any atom is -0.497 e. The van der Waals surface area contributed by atoms with Crippen molar-refractivity contribution in [2.75, 3.05) is 19.4 Å². The highest BCUT2D eigenvalue weighted by Gasteiger charge is 2.20. The predicted molar refractivity (Wildman–Crippen MR) is 129 cm³/mol. The molecule has 0 saturated heterocycles. The number of benzene rings is 2. The number of thioether (sulfide) groups is 1. The van der Waals surface area contributed by atoms with Crippen LogP contribution in [0.3, 0.4) is 0 Å². The Labute approximate surface area is 198 Å². The lowest BCUT2D eigenvalue weighted by molar-refractivity contribution is -0.118. The third kappa shape index (κ3) is 6.13. The van der Waals surface area contributed by atoms with Crippen molar-refractivity contribution < 1.29 is 9.53 Å². The predicted octanol–water partition coefficient (Wildman–Crippen LogP) is 3.93. The SMILES string of the molecule is COc1ccc(CNC(=O)CSc2nc3c(cc2C#N)CN(Cc2ccccc2)CC3)cc1. The van der Waals surface area contributed by atoms with E-state index in [9.17, 15) is 10.1 Å². The van der Waals surface area contributed by atoms with E-state index in [2.05, 4.69) is 40.6 Å². The largest absolute Gasteiger partial charge is 0.497 e. The zero-order valence-corrected chi connectivity index (χ0v) is 19.4. The fourth-order valence-electron chi connectivity index (χ4n) is 3.81. The van der Waals surface area contributed by atoms with E-state index in [-0.39, 0.29) is 11.7 Å². The highest BCUT2D eigenvalue weighted by Crippen LogP contribution is 2.27. The molecule has 2 heterocycles. The molecule has 7 heteroatoms. The van der Waals surface area contributed by atoms with Gasteiger partial charge in [0.25, 0.3) is 0 Å². The molecule has 0 spiro atoms. The minimum atomic E-state index is -0.0896. The summed E-state index contributed by atoms with van der Waals surface area (Å²) in [5.74, 6) is 0.913. The summed E-state index contributed by atoms with van der Waals surface area (Å²) in [5, 5.41) is 13.2. The van der Waals surface area contributed by atoms with E-state index >= 15 is 0 Å². The van der Waals surface area contributed by atoms with Crippen molar-refractivity contribution in [3.63, 3.8) is 0 Å². The molecule has 1 aliphatic heterocycles. The maximum absolute atomic E-state index is 12.3. The van der Waals surface area contributed by atoms with E-state index in [1.165, 1.54) is 17.3 Å². The van der Waals surface area contributed by atoms with E-state index in [0.717, 1.165) is 48.6 Å². The topological polar surface area (TPSA) is 78.2 Å². The van der Waals surface area contributed by atoms with Gasteiger partial charge >= 0.3 is 0 Å². The lowest BCUT2D eigenvalue weighted by Crippen LogP contribution is -2.31. The van der Waals surface area contributed by atoms with Gasteiger partial charge in [0, 0.05) is 38.3 Å². The van der Waals surface area contributed by atoms with Crippen LogP contribution in [0.25, 0.3) is 0 Å². The molecule has 1 aliphatic rings. The number of carbonyl (C=O) groups is 1. The molecule has 1 aromatic heterocycles. The number of methoxy groups -OCH3 is 1. The van der Waals surface area contributed by atoms with Gasteiger partial charge in [-0.15, -0.1) is 0 Å². The summed E-state index contributed by atoms with van der Waals surface area (Å²) in [6.45, 7) is 3.03. The van der Waals surface area contributed by atoms with Gasteiger partial charge < -0.3 is 10.1 Å². The van der Waals surface area contributed by atoms with Crippen LogP contribution < -0.4 is 10.1 Å². The van der Waals surface area contributed by atoms with Gasteiger partial charge in [0.2, 0.25) is 5.91 Å². The number of amides is 1. The van der Waals surface area contributed by atoms with E-state index in [0.29, 0.717) is 17.1 Å². The lowest BCUT2D eigenvalue weighted by Gasteiger charge is -2.28. The van der Waals surface area contributed by atoms with Crippen molar-refractivity contribution in [3.8, 4) is 11.8 Å². The molecular formula is C26H26N4O2S. The number of pyridine rings is 1. The fourth-order valence-corrected chi connectivity index (χ4v) is 4.61.